The predicted octanol–water partition coefficient (Wildman–Crippen LogP) is 6.25. The summed E-state index contributed by atoms with van der Waals surface area (Å²) in [6.45, 7) is 5.16. The first-order valence-corrected chi connectivity index (χ1v) is 12.3. The van der Waals surface area contributed by atoms with Crippen LogP contribution in [0.4, 0.5) is 0 Å². The van der Waals surface area contributed by atoms with Gasteiger partial charge in [0.15, 0.2) is 0 Å². The van der Waals surface area contributed by atoms with Gasteiger partial charge >= 0.3 is 5.97 Å². The zero-order valence-electron chi connectivity index (χ0n) is 20.2. The van der Waals surface area contributed by atoms with Crippen LogP contribution in [0, 0.1) is 5.92 Å². The number of nitrogens with zero attached hydrogens (tertiary/aromatic N) is 1. The maximum atomic E-state index is 12.6. The molecular weight excluding hydrogens is 462 g/mol. The molecule has 0 saturated carbocycles. The SMILES string of the molecule is CCN(CC)C(=O)c1cccc(CC[C@@H](C[C@H](O)c2ccc(-c3ccc(Cl)cc3)cc2)C(=O)O)c1. The van der Waals surface area contributed by atoms with Crippen LogP contribution >= 0.6 is 11.6 Å². The summed E-state index contributed by atoms with van der Waals surface area (Å²) in [5.74, 6) is -1.66. The predicted molar refractivity (Wildman–Crippen MR) is 140 cm³/mol. The van der Waals surface area contributed by atoms with Crippen LogP contribution < -0.4 is 0 Å². The lowest BCUT2D eigenvalue weighted by Crippen LogP contribution is -2.30. The summed E-state index contributed by atoms with van der Waals surface area (Å²) < 4.78 is 0. The number of hydrogen-bond donors (Lipinski definition) is 2. The van der Waals surface area contributed by atoms with Gasteiger partial charge in [0.05, 0.1) is 12.0 Å². The molecule has 0 aromatic heterocycles. The van der Waals surface area contributed by atoms with Crippen LogP contribution in [-0.4, -0.2) is 40.1 Å². The van der Waals surface area contributed by atoms with Crippen LogP contribution in [0.1, 0.15) is 54.3 Å². The standard InChI is InChI=1S/C29H32ClNO4/c1-3-31(4-2)28(33)24-7-5-6-20(18-24)8-9-25(29(34)35)19-27(32)23-12-10-21(11-13-23)22-14-16-26(30)17-15-22/h5-7,10-18,25,27,32H,3-4,8-9,19H2,1-2H3,(H,34,35)/t25-,27-/m0/s1. The van der Waals surface area contributed by atoms with Gasteiger partial charge in [0.25, 0.3) is 5.91 Å². The third-order valence-corrected chi connectivity index (χ3v) is 6.59. The quantitative estimate of drug-likeness (QED) is 0.331. The molecule has 35 heavy (non-hydrogen) atoms. The Labute approximate surface area is 212 Å². The molecule has 5 nitrogen and oxygen atoms in total. The van der Waals surface area contributed by atoms with Gasteiger partial charge < -0.3 is 15.1 Å². The van der Waals surface area contributed by atoms with Gasteiger partial charge in [0.1, 0.15) is 0 Å². The minimum Gasteiger partial charge on any atom is -0.481 e. The van der Waals surface area contributed by atoms with Gasteiger partial charge in [-0.3, -0.25) is 9.59 Å². The number of aliphatic carboxylic acids is 1. The highest BCUT2D eigenvalue weighted by atomic mass is 35.5. The summed E-state index contributed by atoms with van der Waals surface area (Å²) in [4.78, 5) is 26.3. The third-order valence-electron chi connectivity index (χ3n) is 6.34. The molecule has 0 aliphatic rings. The molecule has 0 spiro atoms. The molecule has 0 radical (unpaired) electrons. The molecule has 0 heterocycles. The van der Waals surface area contributed by atoms with Crippen molar-refractivity contribution in [2.24, 2.45) is 5.92 Å². The highest BCUT2D eigenvalue weighted by Gasteiger charge is 2.23. The van der Waals surface area contributed by atoms with E-state index in [1.807, 2.05) is 80.6 Å². The minimum atomic E-state index is -0.933. The van der Waals surface area contributed by atoms with Crippen LogP contribution in [0.15, 0.2) is 72.8 Å². The van der Waals surface area contributed by atoms with Crippen molar-refractivity contribution in [3.8, 4) is 11.1 Å². The topological polar surface area (TPSA) is 77.8 Å². The van der Waals surface area contributed by atoms with Gasteiger partial charge in [-0.1, -0.05) is 60.1 Å². The van der Waals surface area contributed by atoms with Gasteiger partial charge in [0.2, 0.25) is 0 Å². The van der Waals surface area contributed by atoms with Crippen LogP contribution in [-0.2, 0) is 11.2 Å². The number of amides is 1. The number of carboxylic acids is 1. The Morgan fingerprint density at radius 2 is 1.51 bits per heavy atom. The molecule has 2 atom stereocenters. The van der Waals surface area contributed by atoms with E-state index in [9.17, 15) is 19.8 Å². The summed E-state index contributed by atoms with van der Waals surface area (Å²) in [6.07, 6.45) is 0.121. The number of halogens is 1. The van der Waals surface area contributed by atoms with E-state index in [4.69, 9.17) is 11.6 Å². The molecule has 0 aliphatic heterocycles. The number of rotatable bonds is 11. The Morgan fingerprint density at radius 1 is 0.914 bits per heavy atom. The second-order valence-corrected chi connectivity index (χ2v) is 9.07. The van der Waals surface area contributed by atoms with Crippen molar-refractivity contribution in [1.29, 1.82) is 0 Å². The van der Waals surface area contributed by atoms with Crippen molar-refractivity contribution in [1.82, 2.24) is 4.90 Å². The summed E-state index contributed by atoms with van der Waals surface area (Å²) in [7, 11) is 0. The van der Waals surface area contributed by atoms with Crippen LogP contribution in [0.3, 0.4) is 0 Å². The van der Waals surface area contributed by atoms with Gasteiger partial charge in [-0.05, 0) is 79.6 Å². The molecule has 0 aliphatic carbocycles. The van der Waals surface area contributed by atoms with E-state index in [2.05, 4.69) is 0 Å². The number of aliphatic hydroxyl groups excluding tert-OH is 1. The highest BCUT2D eigenvalue weighted by molar-refractivity contribution is 6.30. The monoisotopic (exact) mass is 493 g/mol. The Hall–Kier alpha value is -3.15. The van der Waals surface area contributed by atoms with Crippen molar-refractivity contribution in [2.75, 3.05) is 13.1 Å². The first-order chi connectivity index (χ1) is 16.8. The van der Waals surface area contributed by atoms with E-state index in [-0.39, 0.29) is 12.3 Å². The van der Waals surface area contributed by atoms with Crippen molar-refractivity contribution >= 4 is 23.5 Å². The molecule has 0 bridgehead atoms. The second-order valence-electron chi connectivity index (χ2n) is 8.63. The normalized spacial score (nSPS) is 12.7. The number of aliphatic hydroxyl groups is 1. The number of carbonyl (C=O) groups is 2. The maximum absolute atomic E-state index is 12.6. The van der Waals surface area contributed by atoms with Gasteiger partial charge in [0, 0.05) is 23.7 Å². The summed E-state index contributed by atoms with van der Waals surface area (Å²) >= 11 is 5.95. The van der Waals surface area contributed by atoms with Crippen molar-refractivity contribution in [3.63, 3.8) is 0 Å². The molecule has 0 unspecified atom stereocenters. The smallest absolute Gasteiger partial charge is 0.306 e. The average molecular weight is 494 g/mol. The zero-order valence-corrected chi connectivity index (χ0v) is 20.9. The Kier molecular flexibility index (Phi) is 9.47. The van der Waals surface area contributed by atoms with E-state index < -0.39 is 18.0 Å². The summed E-state index contributed by atoms with van der Waals surface area (Å²) in [6, 6.07) is 22.4. The molecule has 3 aromatic carbocycles. The number of carbonyl (C=O) groups excluding carboxylic acids is 1. The van der Waals surface area contributed by atoms with Crippen molar-refractivity contribution < 1.29 is 19.8 Å². The van der Waals surface area contributed by atoms with E-state index >= 15 is 0 Å². The molecule has 0 saturated heterocycles. The van der Waals surface area contributed by atoms with Gasteiger partial charge in [-0.2, -0.15) is 0 Å². The van der Waals surface area contributed by atoms with Gasteiger partial charge in [-0.15, -0.1) is 0 Å². The third kappa shape index (κ3) is 7.17. The first kappa shape index (κ1) is 26.5. The van der Waals surface area contributed by atoms with E-state index in [1.54, 1.807) is 11.0 Å². The van der Waals surface area contributed by atoms with Gasteiger partial charge in [-0.25, -0.2) is 0 Å². The Morgan fingerprint density at radius 3 is 2.09 bits per heavy atom. The largest absolute Gasteiger partial charge is 0.481 e. The number of carboxylic acid groups (broad SMARTS) is 1. The molecule has 1 amide bonds. The Balaban J connectivity index is 1.63. The minimum absolute atomic E-state index is 0.0240. The van der Waals surface area contributed by atoms with Crippen LogP contribution in [0.25, 0.3) is 11.1 Å². The first-order valence-electron chi connectivity index (χ1n) is 12.0. The highest BCUT2D eigenvalue weighted by Crippen LogP contribution is 2.28. The van der Waals surface area contributed by atoms with Crippen molar-refractivity contribution in [3.05, 3.63) is 94.5 Å². The van der Waals surface area contributed by atoms with Crippen molar-refractivity contribution in [2.45, 2.75) is 39.2 Å². The molecule has 3 rings (SSSR count). The Bertz CT molecular complexity index is 1120. The molecule has 2 N–H and O–H groups in total. The molecule has 6 heteroatoms. The van der Waals surface area contributed by atoms with Crippen LogP contribution in [0.5, 0.6) is 0 Å². The van der Waals surface area contributed by atoms with E-state index in [0.29, 0.717) is 42.1 Å². The number of aryl methyl sites for hydroxylation is 1. The lowest BCUT2D eigenvalue weighted by Gasteiger charge is -2.19. The molecule has 0 fully saturated rings. The summed E-state index contributed by atoms with van der Waals surface area (Å²) in [5.41, 5.74) is 4.21. The van der Waals surface area contributed by atoms with E-state index in [1.165, 1.54) is 0 Å². The lowest BCUT2D eigenvalue weighted by atomic mass is 9.90. The van der Waals surface area contributed by atoms with Crippen LogP contribution in [0.2, 0.25) is 5.02 Å². The number of hydrogen-bond acceptors (Lipinski definition) is 3. The fourth-order valence-electron chi connectivity index (χ4n) is 4.18. The summed E-state index contributed by atoms with van der Waals surface area (Å²) in [5, 5.41) is 21.2. The average Bonchev–Trinajstić information content (AvgIpc) is 2.87. The maximum Gasteiger partial charge on any atom is 0.306 e. The molecule has 3 aromatic rings. The van der Waals surface area contributed by atoms with E-state index in [0.717, 1.165) is 16.7 Å². The fourth-order valence-corrected chi connectivity index (χ4v) is 4.31. The second kappa shape index (κ2) is 12.5. The molecule has 184 valence electrons. The molecular formula is C29H32ClNO4. The lowest BCUT2D eigenvalue weighted by molar-refractivity contribution is -0.143. The number of benzene rings is 3. The fraction of sp³-hybridized carbons (Fsp3) is 0.310. The zero-order chi connectivity index (χ0) is 25.4.